The van der Waals surface area contributed by atoms with E-state index in [1.807, 2.05) is 6.92 Å². The molecule has 70 valence electrons. The summed E-state index contributed by atoms with van der Waals surface area (Å²) in [6.07, 6.45) is 1.16. The second-order valence-corrected chi connectivity index (χ2v) is 3.53. The number of aromatic nitrogens is 2. The number of hydrogen-bond donors (Lipinski definition) is 2. The highest BCUT2D eigenvalue weighted by Gasteiger charge is 2.27. The Kier molecular flexibility index (Phi) is 1.92. The Hall–Kier alpha value is -1.16. The molecule has 2 rings (SSSR count). The van der Waals surface area contributed by atoms with Crippen molar-refractivity contribution in [3.05, 3.63) is 17.2 Å². The SMILES string of the molecule is Cc1nc2c([nH]1)CC(CO)CC2=O. The van der Waals surface area contributed by atoms with Crippen LogP contribution in [-0.4, -0.2) is 27.5 Å². The minimum absolute atomic E-state index is 0.0460. The summed E-state index contributed by atoms with van der Waals surface area (Å²) in [7, 11) is 0. The predicted molar refractivity (Wildman–Crippen MR) is 46.6 cm³/mol. The van der Waals surface area contributed by atoms with Gasteiger partial charge in [-0.2, -0.15) is 0 Å². The van der Waals surface area contributed by atoms with Crippen molar-refractivity contribution in [1.82, 2.24) is 9.97 Å². The van der Waals surface area contributed by atoms with Crippen LogP contribution in [0.5, 0.6) is 0 Å². The van der Waals surface area contributed by atoms with Gasteiger partial charge in [0.1, 0.15) is 11.5 Å². The normalized spacial score (nSPS) is 21.7. The molecule has 0 aliphatic heterocycles. The van der Waals surface area contributed by atoms with Crippen molar-refractivity contribution in [2.75, 3.05) is 6.61 Å². The molecule has 1 atom stereocenters. The number of carbonyl (C=O) groups is 1. The first-order valence-corrected chi connectivity index (χ1v) is 4.40. The van der Waals surface area contributed by atoms with Crippen LogP contribution in [-0.2, 0) is 6.42 Å². The predicted octanol–water partition coefficient (Wildman–Crippen LogP) is 0.456. The molecule has 0 bridgehead atoms. The number of nitrogens with zero attached hydrogens (tertiary/aromatic N) is 1. The smallest absolute Gasteiger partial charge is 0.183 e. The summed E-state index contributed by atoms with van der Waals surface area (Å²) in [5.41, 5.74) is 1.45. The molecule has 0 amide bonds. The first-order valence-electron chi connectivity index (χ1n) is 4.40. The topological polar surface area (TPSA) is 66.0 Å². The highest BCUT2D eigenvalue weighted by atomic mass is 16.3. The fourth-order valence-electron chi connectivity index (χ4n) is 1.77. The van der Waals surface area contributed by atoms with E-state index in [1.165, 1.54) is 0 Å². The largest absolute Gasteiger partial charge is 0.396 e. The molecule has 1 heterocycles. The highest BCUT2D eigenvalue weighted by molar-refractivity contribution is 5.96. The lowest BCUT2D eigenvalue weighted by Gasteiger charge is -2.17. The molecule has 0 fully saturated rings. The van der Waals surface area contributed by atoms with Crippen LogP contribution in [0.25, 0.3) is 0 Å². The Balaban J connectivity index is 2.36. The van der Waals surface area contributed by atoms with E-state index in [0.717, 1.165) is 17.9 Å². The summed E-state index contributed by atoms with van der Waals surface area (Å²) in [4.78, 5) is 18.6. The van der Waals surface area contributed by atoms with Crippen molar-refractivity contribution < 1.29 is 9.90 Å². The fourth-order valence-corrected chi connectivity index (χ4v) is 1.77. The van der Waals surface area contributed by atoms with Crippen molar-refractivity contribution in [3.8, 4) is 0 Å². The molecule has 2 N–H and O–H groups in total. The molecule has 4 nitrogen and oxygen atoms in total. The van der Waals surface area contributed by atoms with Gasteiger partial charge in [0.25, 0.3) is 0 Å². The number of imidazole rings is 1. The maximum Gasteiger partial charge on any atom is 0.183 e. The second kappa shape index (κ2) is 2.96. The summed E-state index contributed by atoms with van der Waals surface area (Å²) in [5.74, 6) is 0.890. The highest BCUT2D eigenvalue weighted by Crippen LogP contribution is 2.23. The van der Waals surface area contributed by atoms with E-state index < -0.39 is 0 Å². The Morgan fingerprint density at radius 2 is 2.38 bits per heavy atom. The van der Waals surface area contributed by atoms with Gasteiger partial charge in [-0.1, -0.05) is 0 Å². The van der Waals surface area contributed by atoms with Gasteiger partial charge < -0.3 is 10.1 Å². The van der Waals surface area contributed by atoms with E-state index in [9.17, 15) is 4.79 Å². The third-order valence-electron chi connectivity index (χ3n) is 2.39. The fraction of sp³-hybridized carbons (Fsp3) is 0.556. The third kappa shape index (κ3) is 1.37. The van der Waals surface area contributed by atoms with Crippen LogP contribution in [0.1, 0.15) is 28.4 Å². The Labute approximate surface area is 76.0 Å². The standard InChI is InChI=1S/C9H12N2O2/c1-5-10-7-2-6(4-12)3-8(13)9(7)11-5/h6,12H,2-4H2,1H3,(H,10,11). The zero-order valence-corrected chi connectivity index (χ0v) is 7.50. The maximum absolute atomic E-state index is 11.5. The first kappa shape index (κ1) is 8.44. The van der Waals surface area contributed by atoms with Crippen molar-refractivity contribution >= 4 is 5.78 Å². The van der Waals surface area contributed by atoms with Crippen LogP contribution in [0.2, 0.25) is 0 Å². The molecular weight excluding hydrogens is 168 g/mol. The van der Waals surface area contributed by atoms with E-state index in [0.29, 0.717) is 12.1 Å². The summed E-state index contributed by atoms with van der Waals surface area (Å²) in [6, 6.07) is 0. The minimum atomic E-state index is 0.0460. The minimum Gasteiger partial charge on any atom is -0.396 e. The van der Waals surface area contributed by atoms with E-state index >= 15 is 0 Å². The number of ketones is 1. The summed E-state index contributed by atoms with van der Waals surface area (Å²) in [6.45, 7) is 1.91. The van der Waals surface area contributed by atoms with Crippen molar-refractivity contribution in [2.24, 2.45) is 5.92 Å². The summed E-state index contributed by atoms with van der Waals surface area (Å²) < 4.78 is 0. The number of aryl methyl sites for hydroxylation is 1. The first-order chi connectivity index (χ1) is 6.20. The van der Waals surface area contributed by atoms with Crippen molar-refractivity contribution in [1.29, 1.82) is 0 Å². The molecule has 0 aromatic carbocycles. The monoisotopic (exact) mass is 180 g/mol. The number of aliphatic hydroxyl groups excluding tert-OH is 1. The molecule has 1 aliphatic rings. The average molecular weight is 180 g/mol. The van der Waals surface area contributed by atoms with Gasteiger partial charge in [-0.05, 0) is 19.3 Å². The molecular formula is C9H12N2O2. The van der Waals surface area contributed by atoms with Gasteiger partial charge in [0.15, 0.2) is 5.78 Å². The molecule has 1 aromatic rings. The quantitative estimate of drug-likeness (QED) is 0.659. The lowest BCUT2D eigenvalue weighted by molar-refractivity contribution is 0.0913. The van der Waals surface area contributed by atoms with Gasteiger partial charge in [-0.25, -0.2) is 4.98 Å². The summed E-state index contributed by atoms with van der Waals surface area (Å²) in [5, 5.41) is 8.95. The van der Waals surface area contributed by atoms with Gasteiger partial charge in [0.05, 0.1) is 0 Å². The molecule has 0 saturated heterocycles. The maximum atomic E-state index is 11.5. The van der Waals surface area contributed by atoms with Gasteiger partial charge in [-0.3, -0.25) is 4.79 Å². The zero-order chi connectivity index (χ0) is 9.42. The van der Waals surface area contributed by atoms with Crippen LogP contribution in [0.3, 0.4) is 0 Å². The van der Waals surface area contributed by atoms with Crippen LogP contribution in [0, 0.1) is 12.8 Å². The summed E-state index contributed by atoms with van der Waals surface area (Å²) >= 11 is 0. The van der Waals surface area contributed by atoms with Gasteiger partial charge in [0, 0.05) is 18.7 Å². The number of rotatable bonds is 1. The second-order valence-electron chi connectivity index (χ2n) is 3.53. The van der Waals surface area contributed by atoms with Crippen molar-refractivity contribution in [3.63, 3.8) is 0 Å². The number of aliphatic hydroxyl groups is 1. The number of fused-ring (bicyclic) bond motifs is 1. The van der Waals surface area contributed by atoms with E-state index in [1.54, 1.807) is 0 Å². The van der Waals surface area contributed by atoms with E-state index in [4.69, 9.17) is 5.11 Å². The van der Waals surface area contributed by atoms with Gasteiger partial charge >= 0.3 is 0 Å². The number of H-pyrrole nitrogens is 1. The Morgan fingerprint density at radius 3 is 3.08 bits per heavy atom. The number of Topliss-reactive ketones (excluding diaryl/α,β-unsaturated/α-hetero) is 1. The number of hydrogen-bond acceptors (Lipinski definition) is 3. The number of nitrogens with one attached hydrogen (secondary N) is 1. The van der Waals surface area contributed by atoms with Crippen LogP contribution < -0.4 is 0 Å². The van der Waals surface area contributed by atoms with E-state index in [2.05, 4.69) is 9.97 Å². The van der Waals surface area contributed by atoms with Crippen LogP contribution in [0.4, 0.5) is 0 Å². The molecule has 1 aromatic heterocycles. The lowest BCUT2D eigenvalue weighted by Crippen LogP contribution is -2.22. The molecule has 0 saturated carbocycles. The molecule has 0 radical (unpaired) electrons. The molecule has 1 aliphatic carbocycles. The average Bonchev–Trinajstić information content (AvgIpc) is 2.46. The number of carbonyl (C=O) groups excluding carboxylic acids is 1. The lowest BCUT2D eigenvalue weighted by atomic mass is 9.90. The van der Waals surface area contributed by atoms with Crippen LogP contribution >= 0.6 is 0 Å². The Bertz CT molecular complexity index is 343. The Morgan fingerprint density at radius 1 is 1.62 bits per heavy atom. The molecule has 13 heavy (non-hydrogen) atoms. The van der Waals surface area contributed by atoms with Gasteiger partial charge in [0.2, 0.25) is 0 Å². The molecule has 0 spiro atoms. The third-order valence-corrected chi connectivity index (χ3v) is 2.39. The van der Waals surface area contributed by atoms with E-state index in [-0.39, 0.29) is 18.3 Å². The van der Waals surface area contributed by atoms with Gasteiger partial charge in [-0.15, -0.1) is 0 Å². The number of aromatic amines is 1. The zero-order valence-electron chi connectivity index (χ0n) is 7.50. The van der Waals surface area contributed by atoms with Crippen molar-refractivity contribution in [2.45, 2.75) is 19.8 Å². The molecule has 1 unspecified atom stereocenters. The molecule has 4 heteroatoms. The van der Waals surface area contributed by atoms with Crippen LogP contribution in [0.15, 0.2) is 0 Å².